The smallest absolute Gasteiger partial charge is 0.348 e. The zero-order valence-electron chi connectivity index (χ0n) is 9.27. The third kappa shape index (κ3) is 1.51. The lowest BCUT2D eigenvalue weighted by atomic mass is 10.1. The second-order valence-electron chi connectivity index (χ2n) is 4.51. The molecule has 1 unspecified atom stereocenters. The SMILES string of the molecule is CN1c2c(csc2C(=O)O)NC(=O)C1C1CC1. The van der Waals surface area contributed by atoms with Crippen molar-refractivity contribution >= 4 is 34.6 Å². The van der Waals surface area contributed by atoms with Crippen LogP contribution >= 0.6 is 11.3 Å². The van der Waals surface area contributed by atoms with E-state index in [0.29, 0.717) is 22.2 Å². The lowest BCUT2D eigenvalue weighted by molar-refractivity contribution is -0.118. The second kappa shape index (κ2) is 3.46. The molecular formula is C11H12N2O3S. The number of hydrogen-bond acceptors (Lipinski definition) is 4. The van der Waals surface area contributed by atoms with Gasteiger partial charge in [-0.3, -0.25) is 4.79 Å². The number of carbonyl (C=O) groups is 2. The molecule has 3 rings (SSSR count). The van der Waals surface area contributed by atoms with E-state index in [-0.39, 0.29) is 11.9 Å². The maximum atomic E-state index is 11.9. The summed E-state index contributed by atoms with van der Waals surface area (Å²) in [6.07, 6.45) is 2.09. The Bertz CT molecular complexity index is 507. The van der Waals surface area contributed by atoms with E-state index in [1.54, 1.807) is 12.4 Å². The number of rotatable bonds is 2. The third-order valence-electron chi connectivity index (χ3n) is 3.32. The molecule has 5 nitrogen and oxygen atoms in total. The molecule has 1 aromatic heterocycles. The van der Waals surface area contributed by atoms with Gasteiger partial charge in [-0.15, -0.1) is 11.3 Å². The Morgan fingerprint density at radius 3 is 2.88 bits per heavy atom. The van der Waals surface area contributed by atoms with Crippen molar-refractivity contribution in [2.75, 3.05) is 17.3 Å². The summed E-state index contributed by atoms with van der Waals surface area (Å²) in [7, 11) is 1.81. The first kappa shape index (κ1) is 10.6. The minimum Gasteiger partial charge on any atom is -0.477 e. The predicted molar refractivity (Wildman–Crippen MR) is 64.8 cm³/mol. The highest BCUT2D eigenvalue weighted by Gasteiger charge is 2.43. The van der Waals surface area contributed by atoms with E-state index in [1.807, 2.05) is 4.90 Å². The Morgan fingerprint density at radius 1 is 1.59 bits per heavy atom. The number of carboxylic acids is 1. The van der Waals surface area contributed by atoms with Crippen LogP contribution < -0.4 is 10.2 Å². The Labute approximate surface area is 102 Å². The fourth-order valence-corrected chi connectivity index (χ4v) is 3.28. The maximum absolute atomic E-state index is 11.9. The third-order valence-corrected chi connectivity index (χ3v) is 4.28. The number of anilines is 2. The average Bonchev–Trinajstić information content (AvgIpc) is 2.97. The Hall–Kier alpha value is -1.56. The molecule has 1 saturated carbocycles. The molecule has 0 spiro atoms. The van der Waals surface area contributed by atoms with Gasteiger partial charge in [0.05, 0.1) is 11.4 Å². The van der Waals surface area contributed by atoms with Crippen LogP contribution in [-0.4, -0.2) is 30.1 Å². The van der Waals surface area contributed by atoms with Crippen molar-refractivity contribution < 1.29 is 14.7 Å². The number of likely N-dealkylation sites (N-methyl/N-ethyl adjacent to an activating group) is 1. The molecule has 1 aromatic rings. The van der Waals surface area contributed by atoms with Crippen molar-refractivity contribution in [3.63, 3.8) is 0 Å². The normalized spacial score (nSPS) is 23.2. The Kier molecular flexibility index (Phi) is 2.16. The molecular weight excluding hydrogens is 240 g/mol. The molecule has 1 aliphatic heterocycles. The van der Waals surface area contributed by atoms with Crippen LogP contribution in [0.2, 0.25) is 0 Å². The van der Waals surface area contributed by atoms with Crippen molar-refractivity contribution in [2.24, 2.45) is 5.92 Å². The van der Waals surface area contributed by atoms with Gasteiger partial charge in [-0.05, 0) is 18.8 Å². The van der Waals surface area contributed by atoms with Crippen molar-refractivity contribution in [3.8, 4) is 0 Å². The molecule has 17 heavy (non-hydrogen) atoms. The molecule has 90 valence electrons. The molecule has 2 aliphatic rings. The standard InChI is InChI=1S/C11H12N2O3S/c1-13-7(5-2-3-5)10(14)12-6-4-17-9(8(6)13)11(15)16/h4-5,7H,2-3H2,1H3,(H,12,14)(H,15,16). The minimum atomic E-state index is -0.936. The van der Waals surface area contributed by atoms with Gasteiger partial charge in [0.1, 0.15) is 10.9 Å². The van der Waals surface area contributed by atoms with E-state index in [4.69, 9.17) is 5.11 Å². The van der Waals surface area contributed by atoms with Gasteiger partial charge in [0.2, 0.25) is 5.91 Å². The molecule has 6 heteroatoms. The first-order valence-corrected chi connectivity index (χ1v) is 6.36. The van der Waals surface area contributed by atoms with E-state index in [1.165, 1.54) is 0 Å². The molecule has 0 saturated heterocycles. The highest BCUT2D eigenvalue weighted by Crippen LogP contribution is 2.45. The van der Waals surface area contributed by atoms with Gasteiger partial charge >= 0.3 is 5.97 Å². The van der Waals surface area contributed by atoms with Gasteiger partial charge < -0.3 is 15.3 Å². The van der Waals surface area contributed by atoms with Crippen LogP contribution in [0, 0.1) is 5.92 Å². The van der Waals surface area contributed by atoms with Gasteiger partial charge in [-0.25, -0.2) is 4.79 Å². The summed E-state index contributed by atoms with van der Waals surface area (Å²) in [5.74, 6) is -0.583. The van der Waals surface area contributed by atoms with E-state index in [9.17, 15) is 9.59 Å². The van der Waals surface area contributed by atoms with E-state index < -0.39 is 5.97 Å². The molecule has 2 N–H and O–H groups in total. The summed E-state index contributed by atoms with van der Waals surface area (Å²) in [6, 6.07) is -0.213. The predicted octanol–water partition coefficient (Wildman–Crippen LogP) is 1.61. The average molecular weight is 252 g/mol. The molecule has 0 bridgehead atoms. The van der Waals surface area contributed by atoms with Crippen LogP contribution in [0.15, 0.2) is 5.38 Å². The molecule has 0 aromatic carbocycles. The van der Waals surface area contributed by atoms with E-state index in [2.05, 4.69) is 5.32 Å². The highest BCUT2D eigenvalue weighted by molar-refractivity contribution is 7.13. The van der Waals surface area contributed by atoms with Gasteiger partial charge in [0.15, 0.2) is 0 Å². The first-order chi connectivity index (χ1) is 8.09. The summed E-state index contributed by atoms with van der Waals surface area (Å²) < 4.78 is 0. The molecule has 1 amide bonds. The van der Waals surface area contributed by atoms with Crippen molar-refractivity contribution in [1.29, 1.82) is 0 Å². The van der Waals surface area contributed by atoms with Gasteiger partial charge in [-0.2, -0.15) is 0 Å². The number of hydrogen-bond donors (Lipinski definition) is 2. The molecule has 1 atom stereocenters. The van der Waals surface area contributed by atoms with Gasteiger partial charge in [0.25, 0.3) is 0 Å². The Balaban J connectivity index is 2.06. The van der Waals surface area contributed by atoms with Crippen molar-refractivity contribution in [3.05, 3.63) is 10.3 Å². The van der Waals surface area contributed by atoms with Crippen LogP contribution in [0.25, 0.3) is 0 Å². The summed E-state index contributed by atoms with van der Waals surface area (Å²) in [5.41, 5.74) is 1.27. The summed E-state index contributed by atoms with van der Waals surface area (Å²) in [6.45, 7) is 0. The molecule has 2 heterocycles. The van der Waals surface area contributed by atoms with Crippen LogP contribution in [0.3, 0.4) is 0 Å². The summed E-state index contributed by atoms with van der Waals surface area (Å²) in [5, 5.41) is 13.6. The molecule has 1 aliphatic carbocycles. The van der Waals surface area contributed by atoms with Crippen LogP contribution in [0.4, 0.5) is 11.4 Å². The molecule has 0 radical (unpaired) electrons. The number of aromatic carboxylic acids is 1. The summed E-state index contributed by atoms with van der Waals surface area (Å²) >= 11 is 1.16. The monoisotopic (exact) mass is 252 g/mol. The second-order valence-corrected chi connectivity index (χ2v) is 5.39. The van der Waals surface area contributed by atoms with Crippen LogP contribution in [-0.2, 0) is 4.79 Å². The number of nitrogens with one attached hydrogen (secondary N) is 1. The summed E-state index contributed by atoms with van der Waals surface area (Å²) in [4.78, 5) is 25.2. The number of thiophene rings is 1. The fourth-order valence-electron chi connectivity index (χ4n) is 2.41. The fraction of sp³-hybridized carbons (Fsp3) is 0.455. The van der Waals surface area contributed by atoms with Crippen LogP contribution in [0.5, 0.6) is 0 Å². The number of nitrogens with zero attached hydrogens (tertiary/aromatic N) is 1. The number of carboxylic acid groups (broad SMARTS) is 1. The lowest BCUT2D eigenvalue weighted by Gasteiger charge is -2.34. The molecule has 1 fully saturated rings. The van der Waals surface area contributed by atoms with E-state index >= 15 is 0 Å². The number of carbonyl (C=O) groups excluding carboxylic acids is 1. The highest BCUT2D eigenvalue weighted by atomic mass is 32.1. The van der Waals surface area contributed by atoms with Crippen molar-refractivity contribution in [1.82, 2.24) is 0 Å². The van der Waals surface area contributed by atoms with Crippen LogP contribution in [0.1, 0.15) is 22.5 Å². The zero-order chi connectivity index (χ0) is 12.2. The van der Waals surface area contributed by atoms with Gasteiger partial charge in [0, 0.05) is 12.4 Å². The van der Waals surface area contributed by atoms with E-state index in [0.717, 1.165) is 24.2 Å². The topological polar surface area (TPSA) is 69.6 Å². The minimum absolute atomic E-state index is 0.0164. The first-order valence-electron chi connectivity index (χ1n) is 5.48. The van der Waals surface area contributed by atoms with Gasteiger partial charge in [-0.1, -0.05) is 0 Å². The largest absolute Gasteiger partial charge is 0.477 e. The zero-order valence-corrected chi connectivity index (χ0v) is 10.1. The number of fused-ring (bicyclic) bond motifs is 1. The number of amides is 1. The lowest BCUT2D eigenvalue weighted by Crippen LogP contribution is -2.47. The maximum Gasteiger partial charge on any atom is 0.348 e. The quantitative estimate of drug-likeness (QED) is 0.839. The Morgan fingerprint density at radius 2 is 2.29 bits per heavy atom. The van der Waals surface area contributed by atoms with Crippen molar-refractivity contribution in [2.45, 2.75) is 18.9 Å².